The number of carbonyl (C=O) groups excluding carboxylic acids is 2. The summed E-state index contributed by atoms with van der Waals surface area (Å²) in [6.07, 6.45) is 3.00. The van der Waals surface area contributed by atoms with Crippen molar-refractivity contribution in [3.63, 3.8) is 0 Å². The molecule has 1 aromatic rings. The third-order valence-corrected chi connectivity index (χ3v) is 5.05. The Morgan fingerprint density at radius 1 is 1.22 bits per heavy atom. The molecule has 2 rings (SSSR count). The molecule has 0 spiro atoms. The maximum atomic E-state index is 12.5. The summed E-state index contributed by atoms with van der Waals surface area (Å²) < 4.78 is 5.12. The summed E-state index contributed by atoms with van der Waals surface area (Å²) in [4.78, 5) is 24.6. The van der Waals surface area contributed by atoms with Crippen LogP contribution >= 0.6 is 0 Å². The number of phenolic OH excluding ortho intramolecular Hbond substituents is 1. The Morgan fingerprint density at radius 3 is 2.37 bits per heavy atom. The molecule has 0 radical (unpaired) electrons. The minimum absolute atomic E-state index is 0.0383. The van der Waals surface area contributed by atoms with Gasteiger partial charge in [0.05, 0.1) is 6.07 Å². The second kappa shape index (κ2) is 8.43. The van der Waals surface area contributed by atoms with Crippen molar-refractivity contribution in [3.8, 4) is 11.8 Å². The average Bonchev–Trinajstić information content (AvgIpc) is 3.08. The van der Waals surface area contributed by atoms with E-state index in [-0.39, 0.29) is 23.1 Å². The van der Waals surface area contributed by atoms with Gasteiger partial charge in [-0.2, -0.15) is 5.26 Å². The average molecular weight is 372 g/mol. The molecule has 6 nitrogen and oxygen atoms in total. The molecule has 0 aliphatic heterocycles. The van der Waals surface area contributed by atoms with E-state index in [0.717, 1.165) is 18.4 Å². The van der Waals surface area contributed by atoms with Gasteiger partial charge in [0.2, 0.25) is 0 Å². The number of rotatable bonds is 6. The molecule has 0 unspecified atom stereocenters. The molecule has 0 bridgehead atoms. The quantitative estimate of drug-likeness (QED) is 0.741. The molecule has 1 aliphatic rings. The monoisotopic (exact) mass is 372 g/mol. The first-order valence-electron chi connectivity index (χ1n) is 9.45. The zero-order chi connectivity index (χ0) is 20.2. The van der Waals surface area contributed by atoms with Crippen molar-refractivity contribution in [2.24, 2.45) is 0 Å². The summed E-state index contributed by atoms with van der Waals surface area (Å²) in [7, 11) is 0. The highest BCUT2D eigenvalue weighted by Crippen LogP contribution is 2.33. The number of ether oxygens (including phenoxy) is 1. The van der Waals surface area contributed by atoms with E-state index in [1.54, 1.807) is 6.07 Å². The van der Waals surface area contributed by atoms with Crippen LogP contribution in [0.3, 0.4) is 0 Å². The number of nitrogens with zero attached hydrogens (tertiary/aromatic N) is 1. The van der Waals surface area contributed by atoms with Gasteiger partial charge < -0.3 is 15.2 Å². The fourth-order valence-electron chi connectivity index (χ4n) is 3.36. The third kappa shape index (κ3) is 4.79. The zero-order valence-corrected chi connectivity index (χ0v) is 16.5. The number of phenols is 1. The lowest BCUT2D eigenvalue weighted by molar-refractivity contribution is -0.125. The fraction of sp³-hybridized carbons (Fsp3) is 0.571. The van der Waals surface area contributed by atoms with Crippen molar-refractivity contribution in [1.29, 1.82) is 5.26 Å². The van der Waals surface area contributed by atoms with Crippen LogP contribution in [0.2, 0.25) is 0 Å². The lowest BCUT2D eigenvalue weighted by atomic mass is 9.92. The molecule has 0 aromatic heterocycles. The van der Waals surface area contributed by atoms with Crippen LogP contribution in [0, 0.1) is 11.3 Å². The van der Waals surface area contributed by atoms with Gasteiger partial charge in [-0.15, -0.1) is 0 Å². The van der Waals surface area contributed by atoms with Crippen LogP contribution in [0.4, 0.5) is 0 Å². The minimum Gasteiger partial charge on any atom is -0.507 e. The van der Waals surface area contributed by atoms with E-state index in [9.17, 15) is 20.0 Å². The van der Waals surface area contributed by atoms with Crippen molar-refractivity contribution in [2.75, 3.05) is 6.61 Å². The van der Waals surface area contributed by atoms with E-state index in [0.29, 0.717) is 18.4 Å². The Labute approximate surface area is 160 Å². The first-order valence-corrected chi connectivity index (χ1v) is 9.45. The number of nitriles is 1. The van der Waals surface area contributed by atoms with Gasteiger partial charge >= 0.3 is 5.97 Å². The Hall–Kier alpha value is -2.55. The molecule has 0 atom stereocenters. The number of hydrogen-bond donors (Lipinski definition) is 2. The summed E-state index contributed by atoms with van der Waals surface area (Å²) >= 11 is 0. The van der Waals surface area contributed by atoms with Crippen molar-refractivity contribution in [2.45, 2.75) is 70.8 Å². The molecule has 1 fully saturated rings. The molecular formula is C21H28N2O4. The molecule has 1 aromatic carbocycles. The predicted octanol–water partition coefficient (Wildman–Crippen LogP) is 3.75. The van der Waals surface area contributed by atoms with Crippen LogP contribution in [0.5, 0.6) is 5.75 Å². The Balaban J connectivity index is 2.11. The SMILES string of the molecule is CC(C)c1cc(C(=O)OCC(=O)NC2(C#N)CCCC2)c(O)c(C(C)C)c1. The zero-order valence-electron chi connectivity index (χ0n) is 16.5. The van der Waals surface area contributed by atoms with Crippen LogP contribution in [-0.2, 0) is 9.53 Å². The minimum atomic E-state index is -0.853. The Kier molecular flexibility index (Phi) is 6.48. The number of amides is 1. The smallest absolute Gasteiger partial charge is 0.342 e. The molecule has 2 N–H and O–H groups in total. The van der Waals surface area contributed by atoms with Gasteiger partial charge in [0.15, 0.2) is 6.61 Å². The van der Waals surface area contributed by atoms with Gasteiger partial charge in [-0.25, -0.2) is 4.79 Å². The summed E-state index contributed by atoms with van der Waals surface area (Å²) in [5.41, 5.74) is 0.802. The van der Waals surface area contributed by atoms with Gasteiger partial charge in [0.1, 0.15) is 16.9 Å². The van der Waals surface area contributed by atoms with E-state index in [1.165, 1.54) is 0 Å². The first-order chi connectivity index (χ1) is 12.7. The van der Waals surface area contributed by atoms with Gasteiger partial charge in [-0.3, -0.25) is 4.79 Å². The topological polar surface area (TPSA) is 99.4 Å². The molecule has 1 saturated carbocycles. The molecule has 0 heterocycles. The number of benzene rings is 1. The normalized spacial score (nSPS) is 15.6. The molecule has 146 valence electrons. The summed E-state index contributed by atoms with van der Waals surface area (Å²) in [5, 5.41) is 22.5. The standard InChI is InChI=1S/C21H28N2O4/c1-13(2)15-9-16(14(3)4)19(25)17(10-15)20(26)27-11-18(24)23-21(12-22)7-5-6-8-21/h9-10,13-14,25H,5-8,11H2,1-4H3,(H,23,24). The largest absolute Gasteiger partial charge is 0.507 e. The number of carbonyl (C=O) groups is 2. The van der Waals surface area contributed by atoms with E-state index in [2.05, 4.69) is 11.4 Å². The molecule has 1 amide bonds. The van der Waals surface area contributed by atoms with E-state index >= 15 is 0 Å². The van der Waals surface area contributed by atoms with Crippen LogP contribution in [-0.4, -0.2) is 29.1 Å². The van der Waals surface area contributed by atoms with Gasteiger partial charge in [-0.05, 0) is 54.7 Å². The van der Waals surface area contributed by atoms with E-state index in [1.807, 2.05) is 33.8 Å². The number of esters is 1. The highest BCUT2D eigenvalue weighted by molar-refractivity contribution is 5.94. The Bertz CT molecular complexity index is 756. The number of hydrogen-bond acceptors (Lipinski definition) is 5. The second-order valence-corrected chi connectivity index (χ2v) is 7.84. The van der Waals surface area contributed by atoms with Crippen molar-refractivity contribution in [3.05, 3.63) is 28.8 Å². The summed E-state index contributed by atoms with van der Waals surface area (Å²) in [5.74, 6) is -1.14. The number of aromatic hydroxyl groups is 1. The van der Waals surface area contributed by atoms with Crippen molar-refractivity contribution >= 4 is 11.9 Å². The maximum absolute atomic E-state index is 12.5. The molecule has 27 heavy (non-hydrogen) atoms. The van der Waals surface area contributed by atoms with Gasteiger partial charge in [0.25, 0.3) is 5.91 Å². The lowest BCUT2D eigenvalue weighted by Gasteiger charge is -2.22. The van der Waals surface area contributed by atoms with E-state index in [4.69, 9.17) is 4.74 Å². The second-order valence-electron chi connectivity index (χ2n) is 7.84. The Morgan fingerprint density at radius 2 is 1.85 bits per heavy atom. The highest BCUT2D eigenvalue weighted by Gasteiger charge is 2.35. The van der Waals surface area contributed by atoms with Crippen molar-refractivity contribution in [1.82, 2.24) is 5.32 Å². The third-order valence-electron chi connectivity index (χ3n) is 5.05. The number of nitrogens with one attached hydrogen (secondary N) is 1. The van der Waals surface area contributed by atoms with E-state index < -0.39 is 24.0 Å². The summed E-state index contributed by atoms with van der Waals surface area (Å²) in [6, 6.07) is 5.67. The van der Waals surface area contributed by atoms with Crippen molar-refractivity contribution < 1.29 is 19.4 Å². The van der Waals surface area contributed by atoms with Gasteiger partial charge in [0, 0.05) is 0 Å². The predicted molar refractivity (Wildman–Crippen MR) is 102 cm³/mol. The fourth-order valence-corrected chi connectivity index (χ4v) is 3.36. The van der Waals surface area contributed by atoms with Crippen LogP contribution in [0.25, 0.3) is 0 Å². The molecule has 0 saturated heterocycles. The molecule has 1 aliphatic carbocycles. The van der Waals surface area contributed by atoms with Crippen LogP contribution in [0.15, 0.2) is 12.1 Å². The highest BCUT2D eigenvalue weighted by atomic mass is 16.5. The lowest BCUT2D eigenvalue weighted by Crippen LogP contribution is -2.46. The maximum Gasteiger partial charge on any atom is 0.342 e. The van der Waals surface area contributed by atoms with Crippen LogP contribution < -0.4 is 5.32 Å². The van der Waals surface area contributed by atoms with Gasteiger partial charge in [-0.1, -0.05) is 33.8 Å². The molecular weight excluding hydrogens is 344 g/mol. The summed E-state index contributed by atoms with van der Waals surface area (Å²) in [6.45, 7) is 7.39. The molecule has 6 heteroatoms. The first kappa shape index (κ1) is 20.8. The van der Waals surface area contributed by atoms with Crippen LogP contribution in [0.1, 0.15) is 86.7 Å².